The van der Waals surface area contributed by atoms with Crippen molar-refractivity contribution in [1.82, 2.24) is 9.80 Å². The molecule has 2 saturated heterocycles. The average Bonchev–Trinajstić information content (AvgIpc) is 3.18. The fourth-order valence-corrected chi connectivity index (χ4v) is 5.83. The largest absolute Gasteiger partial charge is 0.300 e. The maximum atomic E-state index is 13.3. The summed E-state index contributed by atoms with van der Waals surface area (Å²) in [6.45, 7) is 5.38. The topological polar surface area (TPSA) is 26.8 Å². The molecule has 2 aromatic rings. The molecule has 0 saturated carbocycles. The van der Waals surface area contributed by atoms with E-state index in [-0.39, 0.29) is 30.7 Å². The smallest absolute Gasteiger partial charge is 0.232 e. The molecule has 0 aliphatic carbocycles. The van der Waals surface area contributed by atoms with Gasteiger partial charge >= 0.3 is 0 Å². The highest BCUT2D eigenvalue weighted by atomic mass is 35.5. The predicted octanol–water partition coefficient (Wildman–Crippen LogP) is 5.48. The van der Waals surface area contributed by atoms with E-state index in [1.807, 2.05) is 41.3 Å². The molecule has 1 amide bonds. The summed E-state index contributed by atoms with van der Waals surface area (Å²) in [6, 6.07) is 14.6. The Morgan fingerprint density at radius 3 is 2.70 bits per heavy atom. The zero-order valence-electron chi connectivity index (χ0n) is 16.6. The Hall–Kier alpha value is -0.950. The van der Waals surface area contributed by atoms with Crippen molar-refractivity contribution in [1.29, 1.82) is 0 Å². The molecule has 0 N–H and O–H groups in total. The van der Waals surface area contributed by atoms with E-state index in [9.17, 15) is 4.79 Å². The lowest BCUT2D eigenvalue weighted by molar-refractivity contribution is -0.118. The van der Waals surface area contributed by atoms with Crippen LogP contribution in [0, 0.1) is 0 Å². The Morgan fingerprint density at radius 1 is 1.03 bits per heavy atom. The van der Waals surface area contributed by atoms with E-state index >= 15 is 0 Å². The summed E-state index contributed by atoms with van der Waals surface area (Å²) < 4.78 is 0. The maximum absolute atomic E-state index is 13.3. The van der Waals surface area contributed by atoms with Crippen LogP contribution in [-0.2, 0) is 4.79 Å². The molecule has 162 valence electrons. The molecule has 0 spiro atoms. The van der Waals surface area contributed by atoms with Crippen LogP contribution in [0.3, 0.4) is 0 Å². The lowest BCUT2D eigenvalue weighted by Gasteiger charge is -2.38. The van der Waals surface area contributed by atoms with Gasteiger partial charge in [-0.2, -0.15) is 0 Å². The van der Waals surface area contributed by atoms with Gasteiger partial charge in [-0.25, -0.2) is 0 Å². The van der Waals surface area contributed by atoms with Gasteiger partial charge in [-0.1, -0.05) is 35.5 Å². The minimum absolute atomic E-state index is 0. The van der Waals surface area contributed by atoms with Crippen molar-refractivity contribution < 1.29 is 4.79 Å². The van der Waals surface area contributed by atoms with Crippen molar-refractivity contribution >= 4 is 65.5 Å². The molecule has 3 aliphatic rings. The molecule has 3 aliphatic heterocycles. The molecule has 0 bridgehead atoms. The van der Waals surface area contributed by atoms with Gasteiger partial charge in [0.25, 0.3) is 0 Å². The number of hydrogen-bond donors (Lipinski definition) is 0. The second kappa shape index (κ2) is 10.1. The first-order valence-electron chi connectivity index (χ1n) is 10.0. The van der Waals surface area contributed by atoms with E-state index in [4.69, 9.17) is 11.6 Å². The monoisotopic (exact) mass is 485 g/mol. The number of carbonyl (C=O) groups is 1. The zero-order chi connectivity index (χ0) is 19.1. The van der Waals surface area contributed by atoms with Crippen molar-refractivity contribution in [3.8, 4) is 0 Å². The highest BCUT2D eigenvalue weighted by Gasteiger charge is 2.32. The first-order chi connectivity index (χ1) is 13.7. The van der Waals surface area contributed by atoms with Crippen molar-refractivity contribution in [3.63, 3.8) is 0 Å². The average molecular weight is 487 g/mol. The van der Waals surface area contributed by atoms with Gasteiger partial charge in [-0.05, 0) is 49.7 Å². The molecule has 0 aromatic heterocycles. The van der Waals surface area contributed by atoms with E-state index in [1.54, 1.807) is 11.8 Å². The molecule has 3 heterocycles. The van der Waals surface area contributed by atoms with Crippen molar-refractivity contribution in [2.75, 3.05) is 37.6 Å². The molecule has 0 unspecified atom stereocenters. The first-order valence-corrected chi connectivity index (χ1v) is 11.2. The number of nitrogens with zero attached hydrogens (tertiary/aromatic N) is 3. The van der Waals surface area contributed by atoms with Crippen molar-refractivity contribution in [2.45, 2.75) is 35.1 Å². The fourth-order valence-electron chi connectivity index (χ4n) is 4.62. The van der Waals surface area contributed by atoms with E-state index in [2.05, 4.69) is 15.9 Å². The van der Waals surface area contributed by atoms with Crippen LogP contribution in [0.2, 0.25) is 5.02 Å². The summed E-state index contributed by atoms with van der Waals surface area (Å²) in [4.78, 5) is 22.5. The Labute approximate surface area is 199 Å². The van der Waals surface area contributed by atoms with Crippen LogP contribution in [0.1, 0.15) is 19.3 Å². The SMILES string of the molecule is Cl.Cl.O=C(CCN1CCN2CCC[C@@H]2C1)N1c2ccccc2Sc2ccc(Cl)cc21. The number of carbonyl (C=O) groups excluding carboxylic acids is 1. The fraction of sp³-hybridized carbons (Fsp3) is 0.409. The summed E-state index contributed by atoms with van der Waals surface area (Å²) >= 11 is 7.96. The third-order valence-electron chi connectivity index (χ3n) is 6.05. The molecule has 30 heavy (non-hydrogen) atoms. The number of benzene rings is 2. The lowest BCUT2D eigenvalue weighted by atomic mass is 10.1. The molecular formula is C22H26Cl3N3OS. The van der Waals surface area contributed by atoms with Crippen LogP contribution in [0.4, 0.5) is 11.4 Å². The highest BCUT2D eigenvalue weighted by Crippen LogP contribution is 2.48. The van der Waals surface area contributed by atoms with Gasteiger partial charge in [0.15, 0.2) is 0 Å². The van der Waals surface area contributed by atoms with Gasteiger partial charge in [-0.15, -0.1) is 24.8 Å². The van der Waals surface area contributed by atoms with Crippen molar-refractivity contribution in [2.24, 2.45) is 0 Å². The van der Waals surface area contributed by atoms with Gasteiger partial charge < -0.3 is 0 Å². The molecule has 1 atom stereocenters. The molecule has 2 fully saturated rings. The van der Waals surface area contributed by atoms with E-state index in [0.717, 1.165) is 47.3 Å². The summed E-state index contributed by atoms with van der Waals surface area (Å²) in [5.74, 6) is 0.144. The van der Waals surface area contributed by atoms with Gasteiger partial charge in [0.05, 0.1) is 11.4 Å². The third-order valence-corrected chi connectivity index (χ3v) is 7.42. The number of fused-ring (bicyclic) bond motifs is 3. The minimum atomic E-state index is 0. The third kappa shape index (κ3) is 4.62. The van der Waals surface area contributed by atoms with Crippen LogP contribution < -0.4 is 4.90 Å². The van der Waals surface area contributed by atoms with Crippen LogP contribution in [0.5, 0.6) is 0 Å². The Morgan fingerprint density at radius 2 is 1.83 bits per heavy atom. The van der Waals surface area contributed by atoms with Crippen LogP contribution in [0.15, 0.2) is 52.3 Å². The second-order valence-corrected chi connectivity index (χ2v) is 9.31. The van der Waals surface area contributed by atoms with Gasteiger partial charge in [0.1, 0.15) is 0 Å². The number of hydrogen-bond acceptors (Lipinski definition) is 4. The number of halogens is 3. The van der Waals surface area contributed by atoms with E-state index < -0.39 is 0 Å². The van der Waals surface area contributed by atoms with E-state index in [0.29, 0.717) is 17.5 Å². The molecule has 2 aromatic carbocycles. The summed E-state index contributed by atoms with van der Waals surface area (Å²) in [5.41, 5.74) is 1.87. The zero-order valence-corrected chi connectivity index (χ0v) is 19.8. The predicted molar refractivity (Wildman–Crippen MR) is 129 cm³/mol. The molecule has 5 rings (SSSR count). The number of amides is 1. The summed E-state index contributed by atoms with van der Waals surface area (Å²) in [7, 11) is 0. The number of rotatable bonds is 3. The molecular weight excluding hydrogens is 461 g/mol. The van der Waals surface area contributed by atoms with Crippen molar-refractivity contribution in [3.05, 3.63) is 47.5 Å². The van der Waals surface area contributed by atoms with Gasteiger partial charge in [-0.3, -0.25) is 19.5 Å². The normalized spacial score (nSPS) is 20.4. The Balaban J connectivity index is 0.00000128. The number of piperazine rings is 1. The Kier molecular flexibility index (Phi) is 7.99. The van der Waals surface area contributed by atoms with Crippen LogP contribution in [-0.4, -0.2) is 54.5 Å². The second-order valence-electron chi connectivity index (χ2n) is 7.79. The highest BCUT2D eigenvalue weighted by molar-refractivity contribution is 7.99. The molecule has 4 nitrogen and oxygen atoms in total. The standard InChI is InChI=1S/C22H24ClN3OS.2ClH/c23-16-7-8-21-19(14-16)26(18-5-1-2-6-20(18)28-21)22(27)9-11-24-12-13-25-10-3-4-17(25)15-24;;/h1-2,5-8,14,17H,3-4,9-13,15H2;2*1H/t17-;;/m1../s1. The number of para-hydroxylation sites is 1. The molecule has 0 radical (unpaired) electrons. The van der Waals surface area contributed by atoms with E-state index in [1.165, 1.54) is 19.4 Å². The minimum Gasteiger partial charge on any atom is -0.300 e. The van der Waals surface area contributed by atoms with Crippen LogP contribution >= 0.6 is 48.2 Å². The molecule has 8 heteroatoms. The quantitative estimate of drug-likeness (QED) is 0.574. The van der Waals surface area contributed by atoms with Crippen LogP contribution in [0.25, 0.3) is 0 Å². The number of anilines is 2. The summed E-state index contributed by atoms with van der Waals surface area (Å²) in [6.07, 6.45) is 3.14. The summed E-state index contributed by atoms with van der Waals surface area (Å²) in [5, 5.41) is 0.661. The lowest BCUT2D eigenvalue weighted by Crippen LogP contribution is -2.50. The maximum Gasteiger partial charge on any atom is 0.232 e. The Bertz CT molecular complexity index is 913. The first kappa shape index (κ1) is 23.7. The van der Waals surface area contributed by atoms with Gasteiger partial charge in [0.2, 0.25) is 5.91 Å². The van der Waals surface area contributed by atoms with Gasteiger partial charge in [0, 0.05) is 53.5 Å².